The molecule has 1 unspecified atom stereocenters. The molecule has 8 heteroatoms. The highest BCUT2D eigenvalue weighted by atomic mass is 16.4. The number of nitrogens with zero attached hydrogens (tertiary/aromatic N) is 1. The smallest absolute Gasteiger partial charge is 0.404 e. The number of benzene rings is 2. The fraction of sp³-hybridized carbons (Fsp3) is 0.222. The van der Waals surface area contributed by atoms with Crippen LogP contribution in [-0.4, -0.2) is 35.0 Å². The molecule has 0 aliphatic carbocycles. The Balaban J connectivity index is 1.80. The van der Waals surface area contributed by atoms with Crippen molar-refractivity contribution >= 4 is 40.3 Å². The lowest BCUT2D eigenvalue weighted by atomic mass is 10.00. The number of amides is 4. The van der Waals surface area contributed by atoms with Crippen molar-refractivity contribution in [1.29, 1.82) is 0 Å². The van der Waals surface area contributed by atoms with E-state index in [0.29, 0.717) is 16.6 Å². The predicted octanol–water partition coefficient (Wildman–Crippen LogP) is 1.37. The van der Waals surface area contributed by atoms with Crippen molar-refractivity contribution in [2.45, 2.75) is 25.4 Å². The minimum Gasteiger partial charge on any atom is -0.465 e. The topological polar surface area (TPSA) is 116 Å². The second-order valence-corrected chi connectivity index (χ2v) is 6.27. The summed E-state index contributed by atoms with van der Waals surface area (Å²) in [6.45, 7) is 0.113. The van der Waals surface area contributed by atoms with Gasteiger partial charge in [0.05, 0.1) is 5.69 Å². The minimum atomic E-state index is -1.13. The van der Waals surface area contributed by atoms with E-state index in [4.69, 9.17) is 5.11 Å². The summed E-state index contributed by atoms with van der Waals surface area (Å²) in [5, 5.41) is 14.9. The van der Waals surface area contributed by atoms with Crippen LogP contribution < -0.4 is 15.5 Å². The largest absolute Gasteiger partial charge is 0.465 e. The summed E-state index contributed by atoms with van der Waals surface area (Å²) in [7, 11) is 0. The Kier molecular flexibility index (Phi) is 3.61. The van der Waals surface area contributed by atoms with Gasteiger partial charge < -0.3 is 10.4 Å². The van der Waals surface area contributed by atoms with E-state index in [9.17, 15) is 19.2 Å². The number of hydrogen-bond acceptors (Lipinski definition) is 4. The van der Waals surface area contributed by atoms with Gasteiger partial charge in [-0.25, -0.2) is 4.79 Å². The van der Waals surface area contributed by atoms with E-state index in [1.165, 1.54) is 4.90 Å². The molecule has 2 aromatic carbocycles. The molecule has 2 aromatic rings. The fourth-order valence-corrected chi connectivity index (χ4v) is 3.63. The number of rotatable bonds is 3. The van der Waals surface area contributed by atoms with Crippen LogP contribution in [0.4, 0.5) is 10.5 Å². The van der Waals surface area contributed by atoms with Gasteiger partial charge in [0.2, 0.25) is 11.8 Å². The standard InChI is InChI=1S/C18H15N3O5/c22-14-7-6-13(16(23)20-14)21-12-5-4-9(8-19-18(25)26)10-2-1-3-11(15(10)12)17(21)24/h1-5,13,19H,6-8H2,(H,25,26)(H,20,22,23). The Labute approximate surface area is 147 Å². The maximum absolute atomic E-state index is 12.9. The van der Waals surface area contributed by atoms with E-state index in [0.717, 1.165) is 10.9 Å². The third-order valence-electron chi connectivity index (χ3n) is 4.77. The van der Waals surface area contributed by atoms with E-state index >= 15 is 0 Å². The molecule has 4 rings (SSSR count). The van der Waals surface area contributed by atoms with Crippen molar-refractivity contribution in [3.8, 4) is 0 Å². The van der Waals surface area contributed by atoms with Gasteiger partial charge in [-0.15, -0.1) is 0 Å². The summed E-state index contributed by atoms with van der Waals surface area (Å²) in [6.07, 6.45) is -0.677. The van der Waals surface area contributed by atoms with Crippen LogP contribution >= 0.6 is 0 Å². The fourth-order valence-electron chi connectivity index (χ4n) is 3.63. The van der Waals surface area contributed by atoms with Crippen LogP contribution in [0.3, 0.4) is 0 Å². The number of nitrogens with one attached hydrogen (secondary N) is 2. The van der Waals surface area contributed by atoms with Crippen LogP contribution in [0.1, 0.15) is 28.8 Å². The molecule has 2 heterocycles. The Morgan fingerprint density at radius 1 is 1.23 bits per heavy atom. The highest BCUT2D eigenvalue weighted by Gasteiger charge is 2.40. The second-order valence-electron chi connectivity index (χ2n) is 6.27. The lowest BCUT2D eigenvalue weighted by Gasteiger charge is -2.30. The van der Waals surface area contributed by atoms with Gasteiger partial charge in [-0.05, 0) is 29.5 Å². The Morgan fingerprint density at radius 2 is 2.04 bits per heavy atom. The van der Waals surface area contributed by atoms with Crippen LogP contribution in [0.5, 0.6) is 0 Å². The Hall–Kier alpha value is -3.42. The molecule has 4 amide bonds. The zero-order valence-corrected chi connectivity index (χ0v) is 13.6. The number of carboxylic acid groups (broad SMARTS) is 1. The van der Waals surface area contributed by atoms with Crippen LogP contribution in [0.25, 0.3) is 10.8 Å². The summed E-state index contributed by atoms with van der Waals surface area (Å²) in [4.78, 5) is 48.8. The molecule has 0 spiro atoms. The molecule has 1 saturated heterocycles. The third-order valence-corrected chi connectivity index (χ3v) is 4.77. The first-order valence-corrected chi connectivity index (χ1v) is 8.16. The molecule has 132 valence electrons. The van der Waals surface area contributed by atoms with Crippen molar-refractivity contribution in [3.05, 3.63) is 41.5 Å². The molecule has 2 aliphatic rings. The molecule has 1 atom stereocenters. The van der Waals surface area contributed by atoms with Gasteiger partial charge in [0.25, 0.3) is 5.91 Å². The lowest BCUT2D eigenvalue weighted by molar-refractivity contribution is -0.134. The summed E-state index contributed by atoms with van der Waals surface area (Å²) in [6, 6.07) is 7.97. The number of hydrogen-bond donors (Lipinski definition) is 3. The first-order valence-electron chi connectivity index (χ1n) is 8.16. The number of carbonyl (C=O) groups is 4. The summed E-state index contributed by atoms with van der Waals surface area (Å²) in [5.41, 5.74) is 1.82. The molecule has 2 aliphatic heterocycles. The monoisotopic (exact) mass is 353 g/mol. The van der Waals surface area contributed by atoms with Crippen molar-refractivity contribution in [3.63, 3.8) is 0 Å². The van der Waals surface area contributed by atoms with E-state index in [1.807, 2.05) is 6.07 Å². The average molecular weight is 353 g/mol. The maximum atomic E-state index is 12.9. The number of piperidine rings is 1. The third kappa shape index (κ3) is 2.38. The van der Waals surface area contributed by atoms with Gasteiger partial charge in [0, 0.05) is 23.9 Å². The number of imide groups is 1. The first-order chi connectivity index (χ1) is 12.5. The molecule has 1 fully saturated rings. The zero-order chi connectivity index (χ0) is 18.4. The molecule has 26 heavy (non-hydrogen) atoms. The molecule has 8 nitrogen and oxygen atoms in total. The van der Waals surface area contributed by atoms with Gasteiger partial charge in [-0.3, -0.25) is 24.6 Å². The predicted molar refractivity (Wildman–Crippen MR) is 91.8 cm³/mol. The molecule has 3 N–H and O–H groups in total. The molecule has 0 radical (unpaired) electrons. The number of carbonyl (C=O) groups excluding carboxylic acids is 3. The summed E-state index contributed by atoms with van der Waals surface area (Å²) < 4.78 is 0. The summed E-state index contributed by atoms with van der Waals surface area (Å²) >= 11 is 0. The Bertz CT molecular complexity index is 984. The molecular weight excluding hydrogens is 338 g/mol. The van der Waals surface area contributed by atoms with E-state index < -0.39 is 18.0 Å². The Morgan fingerprint density at radius 3 is 2.77 bits per heavy atom. The SMILES string of the molecule is O=C(O)NCc1ccc2c3c(cccc13)C(=O)N2C1CCC(=O)NC1=O. The van der Waals surface area contributed by atoms with Crippen LogP contribution in [0, 0.1) is 0 Å². The quantitative estimate of drug-likeness (QED) is 0.721. The second kappa shape index (κ2) is 5.83. The minimum absolute atomic E-state index is 0.113. The first kappa shape index (κ1) is 16.1. The summed E-state index contributed by atoms with van der Waals surface area (Å²) in [5.74, 6) is -1.11. The highest BCUT2D eigenvalue weighted by Crippen LogP contribution is 2.40. The van der Waals surface area contributed by atoms with Crippen LogP contribution in [-0.2, 0) is 16.1 Å². The number of anilines is 1. The van der Waals surface area contributed by atoms with Crippen LogP contribution in [0.2, 0.25) is 0 Å². The molecule has 0 aromatic heterocycles. The van der Waals surface area contributed by atoms with Crippen LogP contribution in [0.15, 0.2) is 30.3 Å². The van der Waals surface area contributed by atoms with E-state index in [1.54, 1.807) is 24.3 Å². The van der Waals surface area contributed by atoms with Crippen molar-refractivity contribution in [2.24, 2.45) is 0 Å². The van der Waals surface area contributed by atoms with E-state index in [-0.39, 0.29) is 31.2 Å². The normalized spacial score (nSPS) is 19.0. The van der Waals surface area contributed by atoms with Gasteiger partial charge in [-0.2, -0.15) is 0 Å². The van der Waals surface area contributed by atoms with Crippen molar-refractivity contribution in [2.75, 3.05) is 4.90 Å². The van der Waals surface area contributed by atoms with Gasteiger partial charge in [-0.1, -0.05) is 18.2 Å². The van der Waals surface area contributed by atoms with Gasteiger partial charge in [0.1, 0.15) is 6.04 Å². The average Bonchev–Trinajstić information content (AvgIpc) is 2.89. The van der Waals surface area contributed by atoms with Gasteiger partial charge >= 0.3 is 6.09 Å². The molecular formula is C18H15N3O5. The lowest BCUT2D eigenvalue weighted by Crippen LogP contribution is -2.53. The molecule has 0 bridgehead atoms. The van der Waals surface area contributed by atoms with Crippen molar-refractivity contribution in [1.82, 2.24) is 10.6 Å². The maximum Gasteiger partial charge on any atom is 0.404 e. The van der Waals surface area contributed by atoms with Gasteiger partial charge in [0.15, 0.2) is 0 Å². The molecule has 0 saturated carbocycles. The zero-order valence-electron chi connectivity index (χ0n) is 13.6. The highest BCUT2D eigenvalue weighted by molar-refractivity contribution is 6.27. The van der Waals surface area contributed by atoms with Crippen molar-refractivity contribution < 1.29 is 24.3 Å². The van der Waals surface area contributed by atoms with E-state index in [2.05, 4.69) is 10.6 Å².